The van der Waals surface area contributed by atoms with Crippen molar-refractivity contribution in [3.05, 3.63) is 24.3 Å². The van der Waals surface area contributed by atoms with Gasteiger partial charge in [0.25, 0.3) is 0 Å². The van der Waals surface area contributed by atoms with Crippen LogP contribution in [0.25, 0.3) is 0 Å². The lowest BCUT2D eigenvalue weighted by molar-refractivity contribution is -0.117. The minimum atomic E-state index is 0.163. The topological polar surface area (TPSA) is 53.2 Å². The first kappa shape index (κ1) is 11.5. The van der Waals surface area contributed by atoms with Gasteiger partial charge in [-0.25, -0.2) is 0 Å². The average Bonchev–Trinajstić information content (AvgIpc) is 3.11. The lowest BCUT2D eigenvalue weighted by Crippen LogP contribution is -2.22. The largest absolute Gasteiger partial charge is 0.381 e. The molecule has 1 atom stereocenters. The van der Waals surface area contributed by atoms with E-state index in [2.05, 4.69) is 16.0 Å². The highest BCUT2D eigenvalue weighted by Crippen LogP contribution is 2.30. The summed E-state index contributed by atoms with van der Waals surface area (Å²) in [5, 5.41) is 9.76. The normalized spacial score (nSPS) is 22.8. The van der Waals surface area contributed by atoms with E-state index in [1.807, 2.05) is 24.3 Å². The number of benzene rings is 1. The van der Waals surface area contributed by atoms with E-state index in [0.717, 1.165) is 37.3 Å². The molecule has 1 aliphatic heterocycles. The number of carbonyl (C=O) groups excluding carboxylic acids is 1. The Morgan fingerprint density at radius 3 is 2.44 bits per heavy atom. The van der Waals surface area contributed by atoms with Crippen molar-refractivity contribution in [2.24, 2.45) is 5.92 Å². The van der Waals surface area contributed by atoms with E-state index in [4.69, 9.17) is 0 Å². The standard InChI is InChI=1S/C14H19N3O/c18-14(10-1-2-10)17-12-5-3-11(4-6-12)16-13-7-8-15-9-13/h3-6,10,13,15-16H,1-2,7-9H2,(H,17,18). The number of hydrogen-bond acceptors (Lipinski definition) is 3. The summed E-state index contributed by atoms with van der Waals surface area (Å²) in [6, 6.07) is 8.51. The number of anilines is 2. The lowest BCUT2D eigenvalue weighted by atomic mass is 10.2. The molecule has 4 nitrogen and oxygen atoms in total. The first-order valence-electron chi connectivity index (χ1n) is 6.69. The maximum Gasteiger partial charge on any atom is 0.227 e. The van der Waals surface area contributed by atoms with Crippen molar-refractivity contribution in [2.75, 3.05) is 23.7 Å². The Balaban J connectivity index is 1.56. The molecule has 2 fully saturated rings. The molecule has 1 saturated heterocycles. The molecule has 1 aliphatic carbocycles. The number of hydrogen-bond donors (Lipinski definition) is 3. The van der Waals surface area contributed by atoms with Crippen LogP contribution in [0.3, 0.4) is 0 Å². The minimum absolute atomic E-state index is 0.163. The third-order valence-corrected chi connectivity index (χ3v) is 3.53. The van der Waals surface area contributed by atoms with E-state index in [-0.39, 0.29) is 11.8 Å². The SMILES string of the molecule is O=C(Nc1ccc(NC2CCNC2)cc1)C1CC1. The van der Waals surface area contributed by atoms with Crippen LogP contribution >= 0.6 is 0 Å². The Morgan fingerprint density at radius 2 is 1.83 bits per heavy atom. The summed E-state index contributed by atoms with van der Waals surface area (Å²) in [5.74, 6) is 0.420. The third-order valence-electron chi connectivity index (χ3n) is 3.53. The van der Waals surface area contributed by atoms with Crippen molar-refractivity contribution in [1.29, 1.82) is 0 Å². The molecule has 2 aliphatic rings. The molecule has 1 heterocycles. The smallest absolute Gasteiger partial charge is 0.227 e. The summed E-state index contributed by atoms with van der Waals surface area (Å²) in [6.07, 6.45) is 3.25. The Labute approximate surface area is 107 Å². The number of amides is 1. The summed E-state index contributed by atoms with van der Waals surface area (Å²) in [6.45, 7) is 2.12. The van der Waals surface area contributed by atoms with E-state index in [0.29, 0.717) is 6.04 Å². The van der Waals surface area contributed by atoms with Crippen molar-refractivity contribution in [3.63, 3.8) is 0 Å². The van der Waals surface area contributed by atoms with Crippen LogP contribution in [0.15, 0.2) is 24.3 Å². The summed E-state index contributed by atoms with van der Waals surface area (Å²) in [5.41, 5.74) is 2.01. The minimum Gasteiger partial charge on any atom is -0.381 e. The van der Waals surface area contributed by atoms with Crippen molar-refractivity contribution >= 4 is 17.3 Å². The van der Waals surface area contributed by atoms with E-state index in [1.165, 1.54) is 6.42 Å². The van der Waals surface area contributed by atoms with Crippen LogP contribution in [0.5, 0.6) is 0 Å². The molecule has 0 spiro atoms. The second-order valence-corrected chi connectivity index (χ2v) is 5.17. The van der Waals surface area contributed by atoms with Crippen molar-refractivity contribution in [1.82, 2.24) is 5.32 Å². The molecule has 0 bridgehead atoms. The average molecular weight is 245 g/mol. The molecule has 96 valence electrons. The zero-order valence-corrected chi connectivity index (χ0v) is 10.4. The molecule has 0 radical (unpaired) electrons. The van der Waals surface area contributed by atoms with Gasteiger partial charge in [0.2, 0.25) is 5.91 Å². The molecular formula is C14H19N3O. The second-order valence-electron chi connectivity index (χ2n) is 5.17. The van der Waals surface area contributed by atoms with Gasteiger partial charge in [0.05, 0.1) is 0 Å². The molecule has 0 aromatic heterocycles. The molecule has 1 unspecified atom stereocenters. The van der Waals surface area contributed by atoms with Gasteiger partial charge in [-0.1, -0.05) is 0 Å². The van der Waals surface area contributed by atoms with E-state index < -0.39 is 0 Å². The molecule has 1 aromatic carbocycles. The highest BCUT2D eigenvalue weighted by Gasteiger charge is 2.29. The van der Waals surface area contributed by atoms with Gasteiger partial charge < -0.3 is 16.0 Å². The first-order chi connectivity index (χ1) is 8.81. The van der Waals surface area contributed by atoms with Crippen molar-refractivity contribution in [3.8, 4) is 0 Å². The van der Waals surface area contributed by atoms with Crippen LogP contribution in [0.4, 0.5) is 11.4 Å². The number of rotatable bonds is 4. The van der Waals surface area contributed by atoms with Gasteiger partial charge in [0.1, 0.15) is 0 Å². The van der Waals surface area contributed by atoms with Crippen molar-refractivity contribution in [2.45, 2.75) is 25.3 Å². The summed E-state index contributed by atoms with van der Waals surface area (Å²) in [4.78, 5) is 11.6. The van der Waals surface area contributed by atoms with Gasteiger partial charge in [-0.05, 0) is 50.1 Å². The molecule has 3 N–H and O–H groups in total. The monoisotopic (exact) mass is 245 g/mol. The molecular weight excluding hydrogens is 226 g/mol. The fourth-order valence-corrected chi connectivity index (χ4v) is 2.25. The first-order valence-corrected chi connectivity index (χ1v) is 6.69. The van der Waals surface area contributed by atoms with Gasteiger partial charge in [-0.2, -0.15) is 0 Å². The number of carbonyl (C=O) groups is 1. The highest BCUT2D eigenvalue weighted by molar-refractivity contribution is 5.94. The van der Waals surface area contributed by atoms with Crippen LogP contribution in [-0.4, -0.2) is 25.0 Å². The maximum absolute atomic E-state index is 11.6. The predicted octanol–water partition coefficient (Wildman–Crippen LogP) is 1.81. The molecule has 18 heavy (non-hydrogen) atoms. The van der Waals surface area contributed by atoms with Crippen LogP contribution in [0.1, 0.15) is 19.3 Å². The van der Waals surface area contributed by atoms with Crippen LogP contribution in [0, 0.1) is 5.92 Å². The quantitative estimate of drug-likeness (QED) is 0.758. The van der Waals surface area contributed by atoms with Gasteiger partial charge in [-0.15, -0.1) is 0 Å². The second kappa shape index (κ2) is 4.98. The van der Waals surface area contributed by atoms with Crippen LogP contribution < -0.4 is 16.0 Å². The Morgan fingerprint density at radius 1 is 1.11 bits per heavy atom. The summed E-state index contributed by atoms with van der Waals surface area (Å²) in [7, 11) is 0. The Kier molecular flexibility index (Phi) is 3.19. The fourth-order valence-electron chi connectivity index (χ4n) is 2.25. The number of nitrogens with one attached hydrogen (secondary N) is 3. The van der Waals surface area contributed by atoms with Gasteiger partial charge in [0.15, 0.2) is 0 Å². The molecule has 1 aromatic rings. The molecule has 3 rings (SSSR count). The fraction of sp³-hybridized carbons (Fsp3) is 0.500. The zero-order valence-electron chi connectivity index (χ0n) is 10.4. The van der Waals surface area contributed by atoms with E-state index >= 15 is 0 Å². The van der Waals surface area contributed by atoms with Crippen LogP contribution in [-0.2, 0) is 4.79 Å². The molecule has 1 saturated carbocycles. The lowest BCUT2D eigenvalue weighted by Gasteiger charge is -2.13. The maximum atomic E-state index is 11.6. The summed E-state index contributed by atoms with van der Waals surface area (Å²) >= 11 is 0. The highest BCUT2D eigenvalue weighted by atomic mass is 16.2. The van der Waals surface area contributed by atoms with Gasteiger partial charge >= 0.3 is 0 Å². The Hall–Kier alpha value is -1.55. The van der Waals surface area contributed by atoms with E-state index in [1.54, 1.807) is 0 Å². The van der Waals surface area contributed by atoms with Crippen molar-refractivity contribution < 1.29 is 4.79 Å². The van der Waals surface area contributed by atoms with Crippen LogP contribution in [0.2, 0.25) is 0 Å². The molecule has 1 amide bonds. The summed E-state index contributed by atoms with van der Waals surface area (Å²) < 4.78 is 0. The predicted molar refractivity (Wildman–Crippen MR) is 72.7 cm³/mol. The Bertz CT molecular complexity index is 419. The molecule has 4 heteroatoms. The zero-order chi connectivity index (χ0) is 12.4. The van der Waals surface area contributed by atoms with E-state index in [9.17, 15) is 4.79 Å². The third kappa shape index (κ3) is 2.82. The van der Waals surface area contributed by atoms with Gasteiger partial charge in [-0.3, -0.25) is 4.79 Å². The van der Waals surface area contributed by atoms with Gasteiger partial charge in [0, 0.05) is 29.9 Å².